The van der Waals surface area contributed by atoms with Crippen molar-refractivity contribution in [2.75, 3.05) is 39.4 Å². The summed E-state index contributed by atoms with van der Waals surface area (Å²) in [4.78, 5) is 7.31. The van der Waals surface area contributed by atoms with E-state index >= 15 is 0 Å². The predicted molar refractivity (Wildman–Crippen MR) is 87.7 cm³/mol. The van der Waals surface area contributed by atoms with Crippen molar-refractivity contribution in [2.45, 2.75) is 46.7 Å². The molecule has 2 heterocycles. The minimum atomic E-state index is 0.230. The van der Waals surface area contributed by atoms with E-state index in [2.05, 4.69) is 50.2 Å². The Morgan fingerprint density at radius 1 is 1.38 bits per heavy atom. The third-order valence-electron chi connectivity index (χ3n) is 4.56. The van der Waals surface area contributed by atoms with E-state index in [0.29, 0.717) is 18.0 Å². The lowest BCUT2D eigenvalue weighted by Gasteiger charge is -2.36. The maximum atomic E-state index is 5.30. The molecule has 2 rings (SSSR count). The van der Waals surface area contributed by atoms with Gasteiger partial charge in [-0.15, -0.1) is 0 Å². The molecular weight excluding hydrogens is 264 g/mol. The van der Waals surface area contributed by atoms with Gasteiger partial charge in [-0.05, 0) is 26.7 Å². The molecule has 0 aromatic heterocycles. The minimum Gasteiger partial charge on any atom is -0.380 e. The molecular formula is C16H32N4O. The molecule has 0 bridgehead atoms. The van der Waals surface area contributed by atoms with Crippen LogP contribution < -0.4 is 10.6 Å². The second-order valence-corrected chi connectivity index (χ2v) is 7.27. The summed E-state index contributed by atoms with van der Waals surface area (Å²) < 4.78 is 5.30. The van der Waals surface area contributed by atoms with E-state index in [-0.39, 0.29) is 5.41 Å². The van der Waals surface area contributed by atoms with Crippen LogP contribution in [0.5, 0.6) is 0 Å². The number of nitrogens with zero attached hydrogens (tertiary/aromatic N) is 2. The molecule has 0 radical (unpaired) electrons. The van der Waals surface area contributed by atoms with Crippen molar-refractivity contribution < 1.29 is 4.74 Å². The van der Waals surface area contributed by atoms with Crippen LogP contribution in [0.4, 0.5) is 0 Å². The van der Waals surface area contributed by atoms with E-state index in [1.54, 1.807) is 0 Å². The molecule has 0 saturated carbocycles. The van der Waals surface area contributed by atoms with Gasteiger partial charge in [0.2, 0.25) is 0 Å². The third-order valence-corrected chi connectivity index (χ3v) is 4.56. The molecule has 2 aliphatic rings. The van der Waals surface area contributed by atoms with E-state index in [0.717, 1.165) is 38.8 Å². The van der Waals surface area contributed by atoms with Crippen molar-refractivity contribution in [3.63, 3.8) is 0 Å². The molecule has 2 unspecified atom stereocenters. The number of rotatable bonds is 5. The number of nitrogens with one attached hydrogen (secondary N) is 2. The zero-order chi connectivity index (χ0) is 15.5. The van der Waals surface area contributed by atoms with Gasteiger partial charge in [-0.2, -0.15) is 0 Å². The Hall–Kier alpha value is -0.810. The predicted octanol–water partition coefficient (Wildman–Crippen LogP) is 1.31. The Bertz CT molecular complexity index is 365. The first-order valence-corrected chi connectivity index (χ1v) is 8.30. The van der Waals surface area contributed by atoms with Crippen molar-refractivity contribution in [3.05, 3.63) is 0 Å². The van der Waals surface area contributed by atoms with E-state index in [1.165, 1.54) is 6.54 Å². The molecule has 21 heavy (non-hydrogen) atoms. The molecule has 122 valence electrons. The number of ether oxygens (including phenoxy) is 1. The maximum Gasteiger partial charge on any atom is 0.191 e. The highest BCUT2D eigenvalue weighted by Gasteiger charge is 2.34. The molecule has 0 amide bonds. The van der Waals surface area contributed by atoms with Gasteiger partial charge in [-0.3, -0.25) is 9.89 Å². The molecule has 2 atom stereocenters. The highest BCUT2D eigenvalue weighted by Crippen LogP contribution is 2.26. The Balaban J connectivity index is 1.91. The van der Waals surface area contributed by atoms with Crippen LogP contribution in [0, 0.1) is 11.3 Å². The van der Waals surface area contributed by atoms with Gasteiger partial charge in [-0.25, -0.2) is 0 Å². The van der Waals surface area contributed by atoms with Crippen LogP contribution in [-0.2, 0) is 4.74 Å². The summed E-state index contributed by atoms with van der Waals surface area (Å²) in [6.07, 6.45) is 0. The van der Waals surface area contributed by atoms with Crippen molar-refractivity contribution >= 4 is 5.96 Å². The third kappa shape index (κ3) is 4.33. The van der Waals surface area contributed by atoms with Crippen molar-refractivity contribution in [1.82, 2.24) is 15.5 Å². The zero-order valence-corrected chi connectivity index (χ0v) is 14.3. The normalized spacial score (nSPS) is 29.5. The van der Waals surface area contributed by atoms with Crippen LogP contribution >= 0.6 is 0 Å². The van der Waals surface area contributed by atoms with Gasteiger partial charge in [0.05, 0.1) is 19.8 Å². The van der Waals surface area contributed by atoms with Gasteiger partial charge < -0.3 is 15.4 Å². The van der Waals surface area contributed by atoms with E-state index in [1.807, 2.05) is 0 Å². The first-order valence-electron chi connectivity index (χ1n) is 8.30. The monoisotopic (exact) mass is 296 g/mol. The first kappa shape index (κ1) is 16.6. The van der Waals surface area contributed by atoms with E-state index in [9.17, 15) is 0 Å². The summed E-state index contributed by atoms with van der Waals surface area (Å²) >= 11 is 0. The maximum absolute atomic E-state index is 5.30. The lowest BCUT2D eigenvalue weighted by molar-refractivity contribution is -0.0945. The van der Waals surface area contributed by atoms with Crippen molar-refractivity contribution in [2.24, 2.45) is 16.3 Å². The molecule has 0 aromatic rings. The Labute approximate surface area is 129 Å². The summed E-state index contributed by atoms with van der Waals surface area (Å²) in [6.45, 7) is 16.9. The second kappa shape index (κ2) is 6.97. The Morgan fingerprint density at radius 2 is 2.10 bits per heavy atom. The first-order chi connectivity index (χ1) is 9.93. The highest BCUT2D eigenvalue weighted by molar-refractivity contribution is 5.80. The van der Waals surface area contributed by atoms with Crippen molar-refractivity contribution in [1.29, 1.82) is 0 Å². The SMILES string of the molecule is CCNC(=NCC1(C)COC1)NC1CN(C(C)C)CC1C. The highest BCUT2D eigenvalue weighted by atomic mass is 16.5. The number of aliphatic imine (C=N–C) groups is 1. The number of hydrogen-bond donors (Lipinski definition) is 2. The fourth-order valence-corrected chi connectivity index (χ4v) is 2.92. The summed E-state index contributed by atoms with van der Waals surface area (Å²) in [5.41, 5.74) is 0.230. The summed E-state index contributed by atoms with van der Waals surface area (Å²) in [5.74, 6) is 1.60. The molecule has 2 fully saturated rings. The van der Waals surface area contributed by atoms with Crippen LogP contribution in [0.2, 0.25) is 0 Å². The minimum absolute atomic E-state index is 0.230. The largest absolute Gasteiger partial charge is 0.380 e. The van der Waals surface area contributed by atoms with Gasteiger partial charge in [0.25, 0.3) is 0 Å². The summed E-state index contributed by atoms with van der Waals surface area (Å²) in [5, 5.41) is 7.00. The standard InChI is InChI=1S/C16H32N4O/c1-6-17-15(18-9-16(5)10-21-11-16)19-14-8-20(12(2)3)7-13(14)4/h12-14H,6-11H2,1-5H3,(H2,17,18,19). The van der Waals surface area contributed by atoms with Gasteiger partial charge in [0.15, 0.2) is 5.96 Å². The lowest BCUT2D eigenvalue weighted by Crippen LogP contribution is -2.48. The number of guanidine groups is 1. The van der Waals surface area contributed by atoms with Gasteiger partial charge in [-0.1, -0.05) is 13.8 Å². The van der Waals surface area contributed by atoms with Crippen molar-refractivity contribution in [3.8, 4) is 0 Å². The molecule has 2 aliphatic heterocycles. The number of hydrogen-bond acceptors (Lipinski definition) is 3. The Morgan fingerprint density at radius 3 is 2.57 bits per heavy atom. The molecule has 2 saturated heterocycles. The second-order valence-electron chi connectivity index (χ2n) is 7.27. The topological polar surface area (TPSA) is 48.9 Å². The molecule has 0 aromatic carbocycles. The van der Waals surface area contributed by atoms with E-state index < -0.39 is 0 Å². The fourth-order valence-electron chi connectivity index (χ4n) is 2.92. The number of likely N-dealkylation sites (tertiary alicyclic amines) is 1. The summed E-state index contributed by atoms with van der Waals surface area (Å²) in [7, 11) is 0. The van der Waals surface area contributed by atoms with Crippen LogP contribution in [0.25, 0.3) is 0 Å². The van der Waals surface area contributed by atoms with Gasteiger partial charge >= 0.3 is 0 Å². The van der Waals surface area contributed by atoms with Crippen LogP contribution in [0.15, 0.2) is 4.99 Å². The summed E-state index contributed by atoms with van der Waals surface area (Å²) in [6, 6.07) is 1.10. The Kier molecular flexibility index (Phi) is 5.49. The van der Waals surface area contributed by atoms with Crippen LogP contribution in [0.1, 0.15) is 34.6 Å². The molecule has 5 heteroatoms. The average molecular weight is 296 g/mol. The lowest BCUT2D eigenvalue weighted by atomic mass is 9.89. The molecule has 0 aliphatic carbocycles. The quantitative estimate of drug-likeness (QED) is 0.593. The average Bonchev–Trinajstić information content (AvgIpc) is 2.76. The van der Waals surface area contributed by atoms with Gasteiger partial charge in [0.1, 0.15) is 0 Å². The fraction of sp³-hybridized carbons (Fsp3) is 0.938. The molecule has 5 nitrogen and oxygen atoms in total. The molecule has 0 spiro atoms. The van der Waals surface area contributed by atoms with Crippen LogP contribution in [-0.4, -0.2) is 62.3 Å². The van der Waals surface area contributed by atoms with Crippen LogP contribution in [0.3, 0.4) is 0 Å². The van der Waals surface area contributed by atoms with E-state index in [4.69, 9.17) is 9.73 Å². The van der Waals surface area contributed by atoms with Gasteiger partial charge in [0, 0.05) is 37.1 Å². The molecule has 2 N–H and O–H groups in total. The smallest absolute Gasteiger partial charge is 0.191 e. The zero-order valence-electron chi connectivity index (χ0n) is 14.3.